The average molecular weight is 344 g/mol. The van der Waals surface area contributed by atoms with Crippen LogP contribution in [0.2, 0.25) is 0 Å². The van der Waals surface area contributed by atoms with E-state index in [9.17, 15) is 4.79 Å². The highest BCUT2D eigenvalue weighted by Gasteiger charge is 2.12. The van der Waals surface area contributed by atoms with Crippen LogP contribution < -0.4 is 5.32 Å². The van der Waals surface area contributed by atoms with E-state index in [2.05, 4.69) is 47.7 Å². The Bertz CT molecular complexity index is 423. The minimum Gasteiger partial charge on any atom is -0.350 e. The van der Waals surface area contributed by atoms with Gasteiger partial charge < -0.3 is 5.32 Å². The summed E-state index contributed by atoms with van der Waals surface area (Å²) in [5, 5.41) is 3.04. The summed E-state index contributed by atoms with van der Waals surface area (Å²) in [5.74, 6) is -0.0363. The molecule has 1 N–H and O–H groups in total. The first-order valence-corrected chi connectivity index (χ1v) is 8.08. The standard InChI is InChI=1S/C15H22BrNOS/c1-3-4-5-6-7-11(2)17-15(18)13-10-12(19)8-9-14(13)16/h8-11,19H,3-7H2,1-2H3,(H,17,18). The third-order valence-corrected chi connectivity index (χ3v) is 4.03. The lowest BCUT2D eigenvalue weighted by molar-refractivity contribution is 0.0937. The van der Waals surface area contributed by atoms with E-state index >= 15 is 0 Å². The van der Waals surface area contributed by atoms with Gasteiger partial charge in [-0.2, -0.15) is 0 Å². The molecule has 4 heteroatoms. The smallest absolute Gasteiger partial charge is 0.252 e. The number of halogens is 1. The van der Waals surface area contributed by atoms with Crippen molar-refractivity contribution in [2.45, 2.75) is 56.9 Å². The topological polar surface area (TPSA) is 29.1 Å². The van der Waals surface area contributed by atoms with Gasteiger partial charge in [0.15, 0.2) is 0 Å². The number of hydrogen-bond donors (Lipinski definition) is 2. The highest BCUT2D eigenvalue weighted by atomic mass is 79.9. The van der Waals surface area contributed by atoms with Crippen molar-refractivity contribution in [1.29, 1.82) is 0 Å². The van der Waals surface area contributed by atoms with Crippen molar-refractivity contribution in [3.63, 3.8) is 0 Å². The zero-order valence-electron chi connectivity index (χ0n) is 11.6. The lowest BCUT2D eigenvalue weighted by Gasteiger charge is -2.14. The first-order valence-electron chi connectivity index (χ1n) is 6.84. The number of unbranched alkanes of at least 4 members (excludes halogenated alkanes) is 3. The molecule has 2 nitrogen and oxygen atoms in total. The molecule has 0 aliphatic rings. The first kappa shape index (κ1) is 16.6. The van der Waals surface area contributed by atoms with Gasteiger partial charge in [0.2, 0.25) is 0 Å². The monoisotopic (exact) mass is 343 g/mol. The molecule has 0 aliphatic carbocycles. The van der Waals surface area contributed by atoms with Gasteiger partial charge in [0.25, 0.3) is 5.91 Å². The van der Waals surface area contributed by atoms with Gasteiger partial charge in [-0.15, -0.1) is 12.6 Å². The molecule has 0 fully saturated rings. The van der Waals surface area contributed by atoms with E-state index in [4.69, 9.17) is 0 Å². The molecule has 0 radical (unpaired) electrons. The number of nitrogens with one attached hydrogen (secondary N) is 1. The third kappa shape index (κ3) is 6.00. The third-order valence-electron chi connectivity index (χ3n) is 3.06. The molecule has 19 heavy (non-hydrogen) atoms. The lowest BCUT2D eigenvalue weighted by atomic mass is 10.1. The number of benzene rings is 1. The van der Waals surface area contributed by atoms with Crippen molar-refractivity contribution in [2.75, 3.05) is 0 Å². The Balaban J connectivity index is 2.47. The molecule has 1 atom stereocenters. The van der Waals surface area contributed by atoms with Crippen molar-refractivity contribution in [3.05, 3.63) is 28.2 Å². The fourth-order valence-electron chi connectivity index (χ4n) is 1.94. The molecule has 0 aliphatic heterocycles. The first-order chi connectivity index (χ1) is 9.04. The Morgan fingerprint density at radius 2 is 2.11 bits per heavy atom. The molecule has 0 bridgehead atoms. The van der Waals surface area contributed by atoms with Gasteiger partial charge in [0.05, 0.1) is 5.56 Å². The van der Waals surface area contributed by atoms with Crippen molar-refractivity contribution < 1.29 is 4.79 Å². The summed E-state index contributed by atoms with van der Waals surface area (Å²) in [4.78, 5) is 12.9. The van der Waals surface area contributed by atoms with E-state index in [-0.39, 0.29) is 11.9 Å². The van der Waals surface area contributed by atoms with Crippen molar-refractivity contribution in [2.24, 2.45) is 0 Å². The van der Waals surface area contributed by atoms with E-state index in [0.29, 0.717) is 5.56 Å². The van der Waals surface area contributed by atoms with Gasteiger partial charge >= 0.3 is 0 Å². The Kier molecular flexibility index (Phi) is 7.54. The predicted molar refractivity (Wildman–Crippen MR) is 87.1 cm³/mol. The summed E-state index contributed by atoms with van der Waals surface area (Å²) < 4.78 is 0.806. The van der Waals surface area contributed by atoms with Gasteiger partial charge in [-0.3, -0.25) is 4.79 Å². The van der Waals surface area contributed by atoms with Gasteiger partial charge in [-0.1, -0.05) is 32.6 Å². The van der Waals surface area contributed by atoms with Crippen LogP contribution in [0.15, 0.2) is 27.6 Å². The summed E-state index contributed by atoms with van der Waals surface area (Å²) in [6, 6.07) is 5.70. The van der Waals surface area contributed by atoms with Crippen LogP contribution in [0.4, 0.5) is 0 Å². The number of carbonyl (C=O) groups excluding carboxylic acids is 1. The normalized spacial score (nSPS) is 12.2. The van der Waals surface area contributed by atoms with Crippen LogP contribution in [0, 0.1) is 0 Å². The predicted octanol–water partition coefficient (Wildman–Crippen LogP) is 4.83. The van der Waals surface area contributed by atoms with Gasteiger partial charge in [0.1, 0.15) is 0 Å². The maximum absolute atomic E-state index is 12.1. The number of hydrogen-bond acceptors (Lipinski definition) is 2. The fraction of sp³-hybridized carbons (Fsp3) is 0.533. The molecule has 0 aromatic heterocycles. The largest absolute Gasteiger partial charge is 0.350 e. The zero-order valence-corrected chi connectivity index (χ0v) is 14.1. The second-order valence-corrected chi connectivity index (χ2v) is 6.26. The SMILES string of the molecule is CCCCCCC(C)NC(=O)c1cc(S)ccc1Br. The Hall–Kier alpha value is -0.480. The van der Waals surface area contributed by atoms with E-state index in [1.165, 1.54) is 25.7 Å². The fourth-order valence-corrected chi connectivity index (χ4v) is 2.57. The van der Waals surface area contributed by atoms with E-state index in [0.717, 1.165) is 15.8 Å². The number of thiol groups is 1. The van der Waals surface area contributed by atoms with Crippen LogP contribution in [0.3, 0.4) is 0 Å². The van der Waals surface area contributed by atoms with Crippen LogP contribution in [0.25, 0.3) is 0 Å². The number of rotatable bonds is 7. The zero-order chi connectivity index (χ0) is 14.3. The summed E-state index contributed by atoms with van der Waals surface area (Å²) in [5.41, 5.74) is 0.646. The summed E-state index contributed by atoms with van der Waals surface area (Å²) >= 11 is 7.66. The molecule has 1 amide bonds. The van der Waals surface area contributed by atoms with Crippen molar-refractivity contribution in [3.8, 4) is 0 Å². The lowest BCUT2D eigenvalue weighted by Crippen LogP contribution is -2.32. The maximum Gasteiger partial charge on any atom is 0.252 e. The second kappa shape index (κ2) is 8.64. The second-order valence-electron chi connectivity index (χ2n) is 4.89. The van der Waals surface area contributed by atoms with Crippen molar-refractivity contribution >= 4 is 34.5 Å². The molecular weight excluding hydrogens is 322 g/mol. The van der Waals surface area contributed by atoms with Crippen LogP contribution in [0.1, 0.15) is 56.3 Å². The maximum atomic E-state index is 12.1. The molecule has 0 spiro atoms. The van der Waals surface area contributed by atoms with E-state index in [1.807, 2.05) is 12.1 Å². The summed E-state index contributed by atoms with van der Waals surface area (Å²) in [6.45, 7) is 4.26. The minimum atomic E-state index is -0.0363. The Labute approximate surface area is 129 Å². The summed E-state index contributed by atoms with van der Waals surface area (Å²) in [6.07, 6.45) is 5.95. The quantitative estimate of drug-likeness (QED) is 0.539. The van der Waals surface area contributed by atoms with Crippen LogP contribution in [-0.4, -0.2) is 11.9 Å². The van der Waals surface area contributed by atoms with Gasteiger partial charge in [-0.25, -0.2) is 0 Å². The van der Waals surface area contributed by atoms with Crippen LogP contribution in [-0.2, 0) is 0 Å². The van der Waals surface area contributed by atoms with Gasteiger partial charge in [-0.05, 0) is 47.5 Å². The molecule has 1 aromatic carbocycles. The average Bonchev–Trinajstić information content (AvgIpc) is 2.37. The molecule has 0 heterocycles. The van der Waals surface area contributed by atoms with Crippen molar-refractivity contribution in [1.82, 2.24) is 5.32 Å². The van der Waals surface area contributed by atoms with E-state index in [1.54, 1.807) is 6.07 Å². The number of carbonyl (C=O) groups is 1. The Morgan fingerprint density at radius 3 is 2.79 bits per heavy atom. The van der Waals surface area contributed by atoms with E-state index < -0.39 is 0 Å². The van der Waals surface area contributed by atoms with Gasteiger partial charge in [0, 0.05) is 15.4 Å². The molecule has 0 saturated heterocycles. The summed E-state index contributed by atoms with van der Waals surface area (Å²) in [7, 11) is 0. The van der Waals surface area contributed by atoms with Crippen LogP contribution in [0.5, 0.6) is 0 Å². The molecule has 1 unspecified atom stereocenters. The molecule has 1 rings (SSSR count). The highest BCUT2D eigenvalue weighted by molar-refractivity contribution is 9.10. The highest BCUT2D eigenvalue weighted by Crippen LogP contribution is 2.20. The molecular formula is C15H22BrNOS. The number of amides is 1. The Morgan fingerprint density at radius 1 is 1.37 bits per heavy atom. The molecule has 1 aromatic rings. The molecule has 0 saturated carbocycles. The minimum absolute atomic E-state index is 0.0363. The van der Waals surface area contributed by atoms with Crippen LogP contribution >= 0.6 is 28.6 Å². The molecule has 106 valence electrons.